The molecular weight excluding hydrogens is 371 g/mol. The molecule has 0 aromatic carbocycles. The normalized spacial score (nSPS) is 28.0. The van der Waals surface area contributed by atoms with E-state index in [1.54, 1.807) is 4.90 Å². The number of nitrogens with zero attached hydrogens (tertiary/aromatic N) is 2. The van der Waals surface area contributed by atoms with Crippen molar-refractivity contribution in [2.75, 3.05) is 33.3 Å². The van der Waals surface area contributed by atoms with E-state index in [1.807, 2.05) is 6.92 Å². The minimum Gasteiger partial charge on any atom is -0.480 e. The van der Waals surface area contributed by atoms with Crippen LogP contribution in [0.2, 0.25) is 0 Å². The number of nitrogens with one attached hydrogen (secondary N) is 1. The van der Waals surface area contributed by atoms with Gasteiger partial charge in [0.25, 0.3) is 0 Å². The lowest BCUT2D eigenvalue weighted by atomic mass is 9.85. The molecule has 1 heterocycles. The first-order valence-corrected chi connectivity index (χ1v) is 8.70. The zero-order valence-corrected chi connectivity index (χ0v) is 15.2. The van der Waals surface area contributed by atoms with Gasteiger partial charge in [0.15, 0.2) is 5.41 Å². The van der Waals surface area contributed by atoms with Gasteiger partial charge in [-0.25, -0.2) is 4.79 Å². The highest BCUT2D eigenvalue weighted by Gasteiger charge is 2.64. The highest BCUT2D eigenvalue weighted by molar-refractivity contribution is 5.82. The first kappa shape index (κ1) is 21.3. The Bertz CT molecular complexity index is 594. The number of likely N-dealkylation sites (N-methyl/N-ethyl adjacent to an activating group) is 1. The number of methoxy groups -OCH3 is 1. The number of carboxylic acid groups (broad SMARTS) is 1. The van der Waals surface area contributed by atoms with Gasteiger partial charge in [-0.15, -0.1) is 0 Å². The van der Waals surface area contributed by atoms with Crippen molar-refractivity contribution in [1.82, 2.24) is 15.1 Å². The molecule has 1 saturated carbocycles. The predicted octanol–water partition coefficient (Wildman–Crippen LogP) is 1.06. The summed E-state index contributed by atoms with van der Waals surface area (Å²) in [6.45, 7) is 1.32. The summed E-state index contributed by atoms with van der Waals surface area (Å²) in [6, 6.07) is -0.876. The molecule has 1 saturated heterocycles. The summed E-state index contributed by atoms with van der Waals surface area (Å²) in [4.78, 5) is 37.6. The Morgan fingerprint density at radius 2 is 1.96 bits per heavy atom. The third-order valence-electron chi connectivity index (χ3n) is 5.38. The summed E-state index contributed by atoms with van der Waals surface area (Å²) in [5.74, 6) is -2.33. The lowest BCUT2D eigenvalue weighted by molar-refractivity contribution is -0.228. The van der Waals surface area contributed by atoms with Crippen LogP contribution >= 0.6 is 0 Å². The van der Waals surface area contributed by atoms with Crippen LogP contribution in [0.4, 0.5) is 18.0 Å². The number of carbonyl (C=O) groups excluding carboxylic acids is 2. The van der Waals surface area contributed by atoms with Crippen molar-refractivity contribution in [2.45, 2.75) is 44.4 Å². The van der Waals surface area contributed by atoms with Crippen LogP contribution in [0.25, 0.3) is 0 Å². The van der Waals surface area contributed by atoms with Crippen molar-refractivity contribution >= 4 is 18.0 Å². The minimum absolute atomic E-state index is 0.0133. The number of hydrogen-bond donors (Lipinski definition) is 2. The van der Waals surface area contributed by atoms with E-state index < -0.39 is 42.5 Å². The van der Waals surface area contributed by atoms with E-state index in [0.717, 1.165) is 12.0 Å². The smallest absolute Gasteiger partial charge is 0.406 e. The van der Waals surface area contributed by atoms with E-state index in [1.165, 1.54) is 0 Å². The second-order valence-electron chi connectivity index (χ2n) is 6.97. The molecule has 0 radical (unpaired) electrons. The van der Waals surface area contributed by atoms with Crippen molar-refractivity contribution in [3.8, 4) is 0 Å². The van der Waals surface area contributed by atoms with Gasteiger partial charge in [-0.05, 0) is 25.8 Å². The number of urea groups is 1. The van der Waals surface area contributed by atoms with Gasteiger partial charge in [0.2, 0.25) is 0 Å². The fourth-order valence-corrected chi connectivity index (χ4v) is 3.63. The molecule has 2 fully saturated rings. The topological polar surface area (TPSA) is 99.2 Å². The van der Waals surface area contributed by atoms with Crippen LogP contribution in [0.5, 0.6) is 0 Å². The molecule has 2 N–H and O–H groups in total. The van der Waals surface area contributed by atoms with Gasteiger partial charge in [-0.3, -0.25) is 14.5 Å². The molecule has 8 nitrogen and oxygen atoms in total. The molecule has 0 aromatic heterocycles. The molecule has 1 aliphatic carbocycles. The molecule has 1 aliphatic heterocycles. The Kier molecular flexibility index (Phi) is 6.23. The number of rotatable bonds is 6. The molecule has 2 amide bonds. The molecule has 0 aromatic rings. The Balaban J connectivity index is 1.90. The lowest BCUT2D eigenvalue weighted by Gasteiger charge is -2.42. The molecule has 0 spiro atoms. The van der Waals surface area contributed by atoms with Crippen molar-refractivity contribution in [2.24, 2.45) is 5.41 Å². The minimum atomic E-state index is -4.81. The number of esters is 1. The van der Waals surface area contributed by atoms with Crippen LogP contribution in [0.3, 0.4) is 0 Å². The molecule has 0 bridgehead atoms. The first-order valence-electron chi connectivity index (χ1n) is 8.70. The first-order chi connectivity index (χ1) is 12.5. The summed E-state index contributed by atoms with van der Waals surface area (Å²) in [6.07, 6.45) is -4.29. The lowest BCUT2D eigenvalue weighted by Crippen LogP contribution is -2.57. The van der Waals surface area contributed by atoms with Gasteiger partial charge in [-0.1, -0.05) is 6.92 Å². The van der Waals surface area contributed by atoms with Crippen LogP contribution in [0.15, 0.2) is 0 Å². The number of halogens is 3. The van der Waals surface area contributed by atoms with Crippen LogP contribution < -0.4 is 5.32 Å². The number of aliphatic carboxylic acids is 1. The Hall–Kier alpha value is -2.04. The van der Waals surface area contributed by atoms with Gasteiger partial charge < -0.3 is 20.1 Å². The Morgan fingerprint density at radius 1 is 1.33 bits per heavy atom. The monoisotopic (exact) mass is 395 g/mol. The summed E-state index contributed by atoms with van der Waals surface area (Å²) < 4.78 is 44.5. The largest absolute Gasteiger partial charge is 0.480 e. The second kappa shape index (κ2) is 7.91. The van der Waals surface area contributed by atoms with Gasteiger partial charge in [-0.2, -0.15) is 13.2 Å². The van der Waals surface area contributed by atoms with Gasteiger partial charge in [0.05, 0.1) is 13.7 Å². The average Bonchev–Trinajstić information content (AvgIpc) is 3.01. The Morgan fingerprint density at radius 3 is 2.44 bits per heavy atom. The highest BCUT2D eigenvalue weighted by Crippen LogP contribution is 2.46. The summed E-state index contributed by atoms with van der Waals surface area (Å²) in [7, 11) is 0.893. The maximum atomic E-state index is 13.4. The zero-order valence-electron chi connectivity index (χ0n) is 15.2. The van der Waals surface area contributed by atoms with E-state index >= 15 is 0 Å². The number of hydrogen-bond acceptors (Lipinski definition) is 5. The van der Waals surface area contributed by atoms with Gasteiger partial charge in [0, 0.05) is 25.2 Å². The highest BCUT2D eigenvalue weighted by atomic mass is 19.4. The van der Waals surface area contributed by atoms with E-state index in [9.17, 15) is 27.6 Å². The van der Waals surface area contributed by atoms with Crippen LogP contribution in [0.1, 0.15) is 26.2 Å². The molecule has 11 heteroatoms. The van der Waals surface area contributed by atoms with Crippen molar-refractivity contribution in [3.63, 3.8) is 0 Å². The van der Waals surface area contributed by atoms with Crippen molar-refractivity contribution in [1.29, 1.82) is 0 Å². The van der Waals surface area contributed by atoms with Crippen molar-refractivity contribution < 1.29 is 37.4 Å². The third kappa shape index (κ3) is 4.28. The third-order valence-corrected chi connectivity index (χ3v) is 5.38. The molecule has 154 valence electrons. The molecule has 2 rings (SSSR count). The SMILES string of the molecule is CCN(CC(=O)O)C1CC(NC(=O)N2CCC(C(=O)OC)(C(F)(F)F)C2)C1. The fraction of sp³-hybridized carbons (Fsp3) is 0.812. The Labute approximate surface area is 154 Å². The zero-order chi connectivity index (χ0) is 20.4. The molecule has 1 unspecified atom stereocenters. The van der Waals surface area contributed by atoms with Crippen molar-refractivity contribution in [3.05, 3.63) is 0 Å². The number of amides is 2. The summed E-state index contributed by atoms with van der Waals surface area (Å²) in [5, 5.41) is 11.5. The van der Waals surface area contributed by atoms with E-state index in [4.69, 9.17) is 5.11 Å². The van der Waals surface area contributed by atoms with E-state index in [-0.39, 0.29) is 25.2 Å². The quantitative estimate of drug-likeness (QED) is 0.653. The number of carbonyl (C=O) groups is 3. The number of carboxylic acids is 1. The fourth-order valence-electron chi connectivity index (χ4n) is 3.63. The number of ether oxygens (including phenoxy) is 1. The average molecular weight is 395 g/mol. The van der Waals surface area contributed by atoms with Crippen LogP contribution in [-0.4, -0.2) is 84.4 Å². The maximum absolute atomic E-state index is 13.4. The summed E-state index contributed by atoms with van der Waals surface area (Å²) in [5.41, 5.74) is -2.69. The number of likely N-dealkylation sites (tertiary alicyclic amines) is 1. The molecule has 1 atom stereocenters. The molecule has 27 heavy (non-hydrogen) atoms. The predicted molar refractivity (Wildman–Crippen MR) is 86.9 cm³/mol. The van der Waals surface area contributed by atoms with Gasteiger partial charge in [0.1, 0.15) is 0 Å². The summed E-state index contributed by atoms with van der Waals surface area (Å²) >= 11 is 0. The van der Waals surface area contributed by atoms with E-state index in [2.05, 4.69) is 10.1 Å². The maximum Gasteiger partial charge on any atom is 0.406 e. The standard InChI is InChI=1S/C16H24F3N3O5/c1-3-21(8-12(23)24)11-6-10(7-11)20-14(26)22-5-4-15(9-22,13(25)27-2)16(17,18)19/h10-11H,3-9H2,1-2H3,(H,20,26)(H,23,24). The molecular formula is C16H24F3N3O5. The molecule has 2 aliphatic rings. The van der Waals surface area contributed by atoms with Gasteiger partial charge >= 0.3 is 24.1 Å². The van der Waals surface area contributed by atoms with Crippen LogP contribution in [-0.2, 0) is 14.3 Å². The van der Waals surface area contributed by atoms with Crippen LogP contribution in [0, 0.1) is 5.41 Å². The van der Waals surface area contributed by atoms with E-state index in [0.29, 0.717) is 19.4 Å². The second-order valence-corrected chi connectivity index (χ2v) is 6.97. The number of alkyl halides is 3.